The van der Waals surface area contributed by atoms with Crippen LogP contribution in [0.4, 0.5) is 0 Å². The zero-order valence-electron chi connectivity index (χ0n) is 9.04. The van der Waals surface area contributed by atoms with Gasteiger partial charge in [-0.25, -0.2) is 0 Å². The van der Waals surface area contributed by atoms with Crippen molar-refractivity contribution in [2.75, 3.05) is 0 Å². The van der Waals surface area contributed by atoms with E-state index < -0.39 is 11.9 Å². The Kier molecular flexibility index (Phi) is 3.14. The van der Waals surface area contributed by atoms with Crippen LogP contribution in [0.1, 0.15) is 25.4 Å². The molecule has 0 N–H and O–H groups in total. The van der Waals surface area contributed by atoms with Crippen molar-refractivity contribution in [1.29, 1.82) is 0 Å². The predicted octanol–water partition coefficient (Wildman–Crippen LogP) is 1.75. The summed E-state index contributed by atoms with van der Waals surface area (Å²) in [6.07, 6.45) is 0. The number of carbonyl (C=O) groups is 2. The maximum Gasteiger partial charge on any atom is 0.308 e. The van der Waals surface area contributed by atoms with Gasteiger partial charge >= 0.3 is 11.9 Å². The van der Waals surface area contributed by atoms with Crippen LogP contribution in [-0.4, -0.2) is 11.9 Å². The van der Waals surface area contributed by atoms with Crippen LogP contribution in [0.5, 0.6) is 11.5 Å². The van der Waals surface area contributed by atoms with E-state index >= 15 is 0 Å². The second kappa shape index (κ2) is 4.16. The number of carbonyl (C=O) groups excluding carboxylic acids is 2. The van der Waals surface area contributed by atoms with Crippen LogP contribution in [0.25, 0.3) is 0 Å². The Labute approximate surface area is 87.0 Å². The molecule has 0 saturated heterocycles. The molecule has 0 fully saturated rings. The summed E-state index contributed by atoms with van der Waals surface area (Å²) in [4.78, 5) is 21.6. The third kappa shape index (κ3) is 2.59. The lowest BCUT2D eigenvalue weighted by Crippen LogP contribution is -2.06. The number of esters is 2. The molecule has 82 valence electrons. The van der Waals surface area contributed by atoms with E-state index in [1.807, 2.05) is 0 Å². The lowest BCUT2D eigenvalue weighted by atomic mass is 10.4. The van der Waals surface area contributed by atoms with Gasteiger partial charge in [-0.1, -0.05) is 0 Å². The molecule has 0 amide bonds. The Morgan fingerprint density at radius 1 is 0.933 bits per heavy atom. The van der Waals surface area contributed by atoms with Gasteiger partial charge in [0.15, 0.2) is 0 Å². The van der Waals surface area contributed by atoms with Crippen molar-refractivity contribution in [3.63, 3.8) is 0 Å². The van der Waals surface area contributed by atoms with Gasteiger partial charge in [-0.15, -0.1) is 0 Å². The molecule has 5 heteroatoms. The molecule has 0 aliphatic heterocycles. The third-order valence-electron chi connectivity index (χ3n) is 1.64. The van der Waals surface area contributed by atoms with Gasteiger partial charge < -0.3 is 13.9 Å². The van der Waals surface area contributed by atoms with Gasteiger partial charge in [-0.2, -0.15) is 0 Å². The molecule has 0 aliphatic rings. The highest BCUT2D eigenvalue weighted by Crippen LogP contribution is 2.37. The number of hydrogen-bond acceptors (Lipinski definition) is 5. The minimum Gasteiger partial charge on any atom is -0.459 e. The van der Waals surface area contributed by atoms with E-state index in [0.717, 1.165) is 0 Å². The first-order chi connectivity index (χ1) is 6.91. The number of furan rings is 1. The summed E-state index contributed by atoms with van der Waals surface area (Å²) in [7, 11) is 0. The molecule has 15 heavy (non-hydrogen) atoms. The number of rotatable bonds is 2. The minimum absolute atomic E-state index is 0.162. The predicted molar refractivity (Wildman–Crippen MR) is 50.8 cm³/mol. The van der Waals surface area contributed by atoms with Gasteiger partial charge in [0, 0.05) is 13.8 Å². The lowest BCUT2D eigenvalue weighted by molar-refractivity contribution is -0.134. The second-order valence-corrected chi connectivity index (χ2v) is 3.06. The fourth-order valence-corrected chi connectivity index (χ4v) is 1.17. The number of ether oxygens (including phenoxy) is 2. The molecule has 0 atom stereocenters. The Bertz CT molecular complexity index is 366. The molecular formula is C10H12O5. The topological polar surface area (TPSA) is 65.7 Å². The molecule has 0 spiro atoms. The Balaban J connectivity index is 3.10. The van der Waals surface area contributed by atoms with Crippen molar-refractivity contribution in [1.82, 2.24) is 0 Å². The van der Waals surface area contributed by atoms with Crippen molar-refractivity contribution >= 4 is 11.9 Å². The van der Waals surface area contributed by atoms with Crippen molar-refractivity contribution in [3.05, 3.63) is 11.5 Å². The molecule has 0 radical (unpaired) electrons. The SMILES string of the molecule is CC(=O)Oc1c(C)oc(C)c1OC(C)=O. The maximum absolute atomic E-state index is 10.8. The summed E-state index contributed by atoms with van der Waals surface area (Å²) in [6, 6.07) is 0. The van der Waals surface area contributed by atoms with Crippen molar-refractivity contribution in [2.24, 2.45) is 0 Å². The number of aryl methyl sites for hydroxylation is 2. The van der Waals surface area contributed by atoms with Gasteiger partial charge in [0.25, 0.3) is 0 Å². The highest BCUT2D eigenvalue weighted by Gasteiger charge is 2.21. The summed E-state index contributed by atoms with van der Waals surface area (Å²) >= 11 is 0. The van der Waals surface area contributed by atoms with Crippen LogP contribution in [0, 0.1) is 13.8 Å². The highest BCUT2D eigenvalue weighted by molar-refractivity contribution is 5.74. The summed E-state index contributed by atoms with van der Waals surface area (Å²) < 4.78 is 15.0. The molecule has 1 aromatic heterocycles. The van der Waals surface area contributed by atoms with Crippen LogP contribution in [0.2, 0.25) is 0 Å². The fourth-order valence-electron chi connectivity index (χ4n) is 1.17. The molecule has 1 aromatic rings. The monoisotopic (exact) mass is 212 g/mol. The average Bonchev–Trinajstić information content (AvgIpc) is 2.30. The van der Waals surface area contributed by atoms with E-state index in [4.69, 9.17) is 13.9 Å². The normalized spacial score (nSPS) is 9.87. The first-order valence-electron chi connectivity index (χ1n) is 4.38. The van der Waals surface area contributed by atoms with Crippen LogP contribution in [0.3, 0.4) is 0 Å². The molecule has 0 aliphatic carbocycles. The largest absolute Gasteiger partial charge is 0.459 e. The Hall–Kier alpha value is -1.78. The van der Waals surface area contributed by atoms with E-state index in [2.05, 4.69) is 0 Å². The molecule has 0 saturated carbocycles. The summed E-state index contributed by atoms with van der Waals surface area (Å²) in [5.41, 5.74) is 0. The van der Waals surface area contributed by atoms with Gasteiger partial charge in [0.1, 0.15) is 11.5 Å². The van der Waals surface area contributed by atoms with Crippen molar-refractivity contribution in [2.45, 2.75) is 27.7 Å². The second-order valence-electron chi connectivity index (χ2n) is 3.06. The van der Waals surface area contributed by atoms with E-state index in [1.165, 1.54) is 13.8 Å². The molecule has 0 aromatic carbocycles. The molecule has 1 rings (SSSR count). The Morgan fingerprint density at radius 2 is 1.27 bits per heavy atom. The average molecular weight is 212 g/mol. The summed E-state index contributed by atoms with van der Waals surface area (Å²) in [5, 5.41) is 0. The third-order valence-corrected chi connectivity index (χ3v) is 1.64. The minimum atomic E-state index is -0.493. The van der Waals surface area contributed by atoms with Crippen LogP contribution in [-0.2, 0) is 9.59 Å². The quantitative estimate of drug-likeness (QED) is 0.698. The number of hydrogen-bond donors (Lipinski definition) is 0. The Morgan fingerprint density at radius 3 is 1.53 bits per heavy atom. The van der Waals surface area contributed by atoms with Gasteiger partial charge in [-0.05, 0) is 13.8 Å². The molecule has 1 heterocycles. The highest BCUT2D eigenvalue weighted by atomic mass is 16.6. The lowest BCUT2D eigenvalue weighted by Gasteiger charge is -2.03. The first-order valence-corrected chi connectivity index (χ1v) is 4.38. The molecule has 0 bridgehead atoms. The van der Waals surface area contributed by atoms with Crippen LogP contribution in [0.15, 0.2) is 4.42 Å². The standard InChI is InChI=1S/C10H12O5/c1-5-9(14-7(3)11)10(6(2)13-5)15-8(4)12/h1-4H3. The van der Waals surface area contributed by atoms with Crippen molar-refractivity contribution < 1.29 is 23.5 Å². The van der Waals surface area contributed by atoms with Crippen LogP contribution < -0.4 is 9.47 Å². The summed E-state index contributed by atoms with van der Waals surface area (Å²) in [5.74, 6) is 0.142. The van der Waals surface area contributed by atoms with E-state index in [9.17, 15) is 9.59 Å². The van der Waals surface area contributed by atoms with Crippen LogP contribution >= 0.6 is 0 Å². The van der Waals surface area contributed by atoms with Gasteiger partial charge in [-0.3, -0.25) is 9.59 Å². The molecule has 0 unspecified atom stereocenters. The van der Waals surface area contributed by atoms with Gasteiger partial charge in [0.05, 0.1) is 0 Å². The maximum atomic E-state index is 10.8. The van der Waals surface area contributed by atoms with E-state index in [-0.39, 0.29) is 11.5 Å². The smallest absolute Gasteiger partial charge is 0.308 e. The van der Waals surface area contributed by atoms with Gasteiger partial charge in [0.2, 0.25) is 11.5 Å². The summed E-state index contributed by atoms with van der Waals surface area (Å²) in [6.45, 7) is 5.77. The first kappa shape index (κ1) is 11.3. The zero-order chi connectivity index (χ0) is 11.6. The fraction of sp³-hybridized carbons (Fsp3) is 0.400. The molecular weight excluding hydrogens is 200 g/mol. The van der Waals surface area contributed by atoms with Crippen molar-refractivity contribution in [3.8, 4) is 11.5 Å². The zero-order valence-corrected chi connectivity index (χ0v) is 9.04. The van der Waals surface area contributed by atoms with E-state index in [0.29, 0.717) is 11.5 Å². The molecule has 5 nitrogen and oxygen atoms in total. The van der Waals surface area contributed by atoms with E-state index in [1.54, 1.807) is 13.8 Å².